The lowest BCUT2D eigenvalue weighted by Crippen LogP contribution is -2.54. The lowest BCUT2D eigenvalue weighted by atomic mass is 9.73. The highest BCUT2D eigenvalue weighted by Gasteiger charge is 2.63. The summed E-state index contributed by atoms with van der Waals surface area (Å²) < 4.78 is 7.01. The number of benzene rings is 2. The van der Waals surface area contributed by atoms with Gasteiger partial charge in [0.25, 0.3) is 5.91 Å². The van der Waals surface area contributed by atoms with Gasteiger partial charge in [-0.2, -0.15) is 5.10 Å². The molecule has 2 aromatic carbocycles. The largest absolute Gasteiger partial charge is 0.479 e. The molecule has 0 atom stereocenters. The van der Waals surface area contributed by atoms with E-state index in [9.17, 15) is 19.5 Å². The van der Waals surface area contributed by atoms with E-state index in [1.165, 1.54) is 15.8 Å². The maximum atomic E-state index is 13.2. The molecule has 0 unspecified atom stereocenters. The third kappa shape index (κ3) is 3.22. The maximum Gasteiger partial charge on any atom is 0.411 e. The molecule has 2 amide bonds. The number of carbonyl (C=O) groups excluding carboxylic acids is 2. The van der Waals surface area contributed by atoms with Gasteiger partial charge in [0.1, 0.15) is 12.1 Å². The predicted molar refractivity (Wildman–Crippen MR) is 126 cm³/mol. The number of hydrogen-bond acceptors (Lipinski definition) is 5. The number of amides is 2. The third-order valence-corrected chi connectivity index (χ3v) is 7.47. The molecule has 7 rings (SSSR count). The fraction of sp³-hybridized carbons (Fsp3) is 0.308. The van der Waals surface area contributed by atoms with Crippen LogP contribution in [0.5, 0.6) is 0 Å². The summed E-state index contributed by atoms with van der Waals surface area (Å²) in [6.45, 7) is 0.519. The second-order valence-electron chi connectivity index (χ2n) is 9.54. The lowest BCUT2D eigenvalue weighted by molar-refractivity contribution is -0.151. The van der Waals surface area contributed by atoms with E-state index in [2.05, 4.69) is 22.5 Å². The number of carboxylic acids is 1. The van der Waals surface area contributed by atoms with Gasteiger partial charge in [-0.15, -0.1) is 0 Å². The average molecular weight is 473 g/mol. The summed E-state index contributed by atoms with van der Waals surface area (Å²) in [6.07, 6.45) is 1.72. The van der Waals surface area contributed by atoms with Gasteiger partial charge in [-0.1, -0.05) is 48.5 Å². The Morgan fingerprint density at radius 3 is 2.34 bits per heavy atom. The molecular formula is C26H24N4O5. The molecule has 9 heteroatoms. The fourth-order valence-corrected chi connectivity index (χ4v) is 5.86. The Hall–Kier alpha value is -4.14. The molecule has 9 nitrogen and oxygen atoms in total. The summed E-state index contributed by atoms with van der Waals surface area (Å²) >= 11 is 0. The van der Waals surface area contributed by atoms with Crippen LogP contribution in [0.2, 0.25) is 0 Å². The van der Waals surface area contributed by atoms with Gasteiger partial charge in [-0.25, -0.2) is 9.59 Å². The van der Waals surface area contributed by atoms with Crippen molar-refractivity contribution in [1.82, 2.24) is 14.7 Å². The van der Waals surface area contributed by atoms with E-state index in [0.29, 0.717) is 19.4 Å². The standard InChI is InChI=1S/C26H24N4O5/c1-29-13-21(22(28-29)23(31)30-12-15-10-26(30,11-15)24(32)33)27-25(34)35-14-20-18-8-4-2-6-16(18)17-7-3-5-9-19(17)20/h2-9,13,15,20H,10-12,14H2,1H3,(H,27,34)(H,32,33). The van der Waals surface area contributed by atoms with Crippen molar-refractivity contribution < 1.29 is 24.2 Å². The van der Waals surface area contributed by atoms with Crippen molar-refractivity contribution >= 4 is 23.7 Å². The Kier molecular flexibility index (Phi) is 4.70. The van der Waals surface area contributed by atoms with Crippen LogP contribution < -0.4 is 5.32 Å². The molecule has 0 radical (unpaired) electrons. The summed E-state index contributed by atoms with van der Waals surface area (Å²) in [5.74, 6) is -1.39. The molecule has 1 saturated carbocycles. The zero-order valence-corrected chi connectivity index (χ0v) is 19.1. The van der Waals surface area contributed by atoms with Crippen LogP contribution in [-0.2, 0) is 16.6 Å². The molecule has 0 spiro atoms. The highest BCUT2D eigenvalue weighted by Crippen LogP contribution is 2.51. The number of nitrogens with zero attached hydrogens (tertiary/aromatic N) is 3. The first-order valence-corrected chi connectivity index (χ1v) is 11.6. The summed E-state index contributed by atoms with van der Waals surface area (Å²) in [5.41, 5.74) is 3.51. The first kappa shape index (κ1) is 21.4. The number of hydrogen-bond donors (Lipinski definition) is 2. The zero-order chi connectivity index (χ0) is 24.3. The van der Waals surface area contributed by atoms with E-state index >= 15 is 0 Å². The highest BCUT2D eigenvalue weighted by molar-refractivity contribution is 6.03. The smallest absolute Gasteiger partial charge is 0.411 e. The summed E-state index contributed by atoms with van der Waals surface area (Å²) in [6, 6.07) is 16.1. The molecule has 35 heavy (non-hydrogen) atoms. The summed E-state index contributed by atoms with van der Waals surface area (Å²) in [7, 11) is 1.64. The number of carbonyl (C=O) groups is 3. The quantitative estimate of drug-likeness (QED) is 0.588. The minimum atomic E-state index is -1.17. The van der Waals surface area contributed by atoms with Gasteiger partial charge in [0.2, 0.25) is 0 Å². The second kappa shape index (κ2) is 7.69. The number of aromatic nitrogens is 2. The summed E-state index contributed by atoms with van der Waals surface area (Å²) in [5, 5.41) is 16.5. The number of carboxylic acid groups (broad SMARTS) is 1. The van der Waals surface area contributed by atoms with Crippen LogP contribution in [0.3, 0.4) is 0 Å². The number of nitrogens with one attached hydrogen (secondary N) is 1. The van der Waals surface area contributed by atoms with Crippen LogP contribution in [0, 0.1) is 5.92 Å². The number of rotatable bonds is 5. The second-order valence-corrected chi connectivity index (χ2v) is 9.54. The van der Waals surface area contributed by atoms with Crippen LogP contribution in [0.15, 0.2) is 54.7 Å². The number of anilines is 1. The molecule has 3 fully saturated rings. The van der Waals surface area contributed by atoms with Crippen molar-refractivity contribution in [2.45, 2.75) is 24.3 Å². The zero-order valence-electron chi connectivity index (χ0n) is 19.1. The number of fused-ring (bicyclic) bond motifs is 4. The average Bonchev–Trinajstić information content (AvgIpc) is 3.56. The van der Waals surface area contributed by atoms with Crippen molar-refractivity contribution in [3.8, 4) is 11.1 Å². The van der Waals surface area contributed by atoms with Crippen LogP contribution in [0.4, 0.5) is 10.5 Å². The molecule has 2 bridgehead atoms. The Morgan fingerprint density at radius 2 is 1.71 bits per heavy atom. The van der Waals surface area contributed by atoms with Gasteiger partial charge in [0.15, 0.2) is 5.69 Å². The molecule has 3 heterocycles. The molecular weight excluding hydrogens is 448 g/mol. The Bertz CT molecular complexity index is 1330. The normalized spacial score (nSPS) is 21.7. The molecule has 3 aromatic rings. The molecule has 2 N–H and O–H groups in total. The topological polar surface area (TPSA) is 114 Å². The maximum absolute atomic E-state index is 13.2. The monoisotopic (exact) mass is 472 g/mol. The minimum Gasteiger partial charge on any atom is -0.479 e. The fourth-order valence-electron chi connectivity index (χ4n) is 5.86. The lowest BCUT2D eigenvalue weighted by Gasteiger charge is -2.37. The van der Waals surface area contributed by atoms with E-state index < -0.39 is 23.5 Å². The van der Waals surface area contributed by atoms with Crippen LogP contribution in [0.25, 0.3) is 11.1 Å². The van der Waals surface area contributed by atoms with Crippen LogP contribution >= 0.6 is 0 Å². The van der Waals surface area contributed by atoms with Gasteiger partial charge in [-0.3, -0.25) is 14.8 Å². The van der Waals surface area contributed by atoms with Crippen molar-refractivity contribution in [2.24, 2.45) is 13.0 Å². The van der Waals surface area contributed by atoms with E-state index in [4.69, 9.17) is 4.74 Å². The molecule has 4 aliphatic rings. The molecule has 2 aliphatic heterocycles. The highest BCUT2D eigenvalue weighted by atomic mass is 16.5. The number of aryl methyl sites for hydroxylation is 1. The predicted octanol–water partition coefficient (Wildman–Crippen LogP) is 3.47. The van der Waals surface area contributed by atoms with Crippen molar-refractivity contribution in [3.05, 3.63) is 71.5 Å². The van der Waals surface area contributed by atoms with Crippen LogP contribution in [-0.4, -0.2) is 56.4 Å². The third-order valence-electron chi connectivity index (χ3n) is 7.47. The molecule has 1 aromatic heterocycles. The molecule has 178 valence electrons. The van der Waals surface area contributed by atoms with E-state index in [1.54, 1.807) is 7.05 Å². The summed E-state index contributed by atoms with van der Waals surface area (Å²) in [4.78, 5) is 39.2. The SMILES string of the molecule is Cn1cc(NC(=O)OCC2c3ccccc3-c3ccccc32)c(C(=O)N2CC3CC2(C(=O)O)C3)n1. The first-order valence-electron chi connectivity index (χ1n) is 11.6. The van der Waals surface area contributed by atoms with Crippen molar-refractivity contribution in [3.63, 3.8) is 0 Å². The van der Waals surface area contributed by atoms with E-state index in [-0.39, 0.29) is 29.8 Å². The Morgan fingerprint density at radius 1 is 1.09 bits per heavy atom. The van der Waals surface area contributed by atoms with Gasteiger partial charge in [0, 0.05) is 25.7 Å². The van der Waals surface area contributed by atoms with E-state index in [0.717, 1.165) is 22.3 Å². The van der Waals surface area contributed by atoms with Crippen molar-refractivity contribution in [1.29, 1.82) is 0 Å². The van der Waals surface area contributed by atoms with Gasteiger partial charge in [-0.05, 0) is 41.0 Å². The van der Waals surface area contributed by atoms with Crippen molar-refractivity contribution in [2.75, 3.05) is 18.5 Å². The van der Waals surface area contributed by atoms with Gasteiger partial charge < -0.3 is 14.7 Å². The number of ether oxygens (including phenoxy) is 1. The molecule has 2 aliphatic carbocycles. The van der Waals surface area contributed by atoms with Gasteiger partial charge in [0.05, 0.1) is 5.69 Å². The Labute approximate surface area is 201 Å². The first-order chi connectivity index (χ1) is 16.9. The minimum absolute atomic E-state index is 0.00850. The van der Waals surface area contributed by atoms with Gasteiger partial charge >= 0.3 is 12.1 Å². The van der Waals surface area contributed by atoms with Crippen LogP contribution in [0.1, 0.15) is 40.4 Å². The molecule has 2 saturated heterocycles. The number of aliphatic carboxylic acids is 1. The van der Waals surface area contributed by atoms with E-state index in [1.807, 2.05) is 36.4 Å². The Balaban J connectivity index is 1.18.